The van der Waals surface area contributed by atoms with Crippen LogP contribution in [0.4, 0.5) is 0 Å². The molecule has 0 aliphatic heterocycles. The third kappa shape index (κ3) is 59.9. The van der Waals surface area contributed by atoms with E-state index < -0.39 is 20.0 Å². The third-order valence-corrected chi connectivity index (χ3v) is 15.7. The summed E-state index contributed by atoms with van der Waals surface area (Å²) in [6, 6.07) is -0.847. The van der Waals surface area contributed by atoms with Gasteiger partial charge in [0.2, 0.25) is 5.91 Å². The zero-order valence-corrected chi connectivity index (χ0v) is 51.9. The first-order valence-electron chi connectivity index (χ1n) is 32.7. The number of aliphatic hydroxyl groups is 1. The summed E-state index contributed by atoms with van der Waals surface area (Å²) in [4.78, 5) is 23.4. The summed E-state index contributed by atoms with van der Waals surface area (Å²) < 4.78 is 23.8. The van der Waals surface area contributed by atoms with Gasteiger partial charge in [-0.15, -0.1) is 0 Å². The highest BCUT2D eigenvalue weighted by molar-refractivity contribution is 7.47. The molecular weight excluding hydrogens is 960 g/mol. The van der Waals surface area contributed by atoms with Crippen molar-refractivity contribution in [3.8, 4) is 0 Å². The number of phosphoric acid groups is 1. The van der Waals surface area contributed by atoms with Crippen LogP contribution in [-0.4, -0.2) is 73.4 Å². The number of nitrogens with zero attached hydrogens (tertiary/aromatic N) is 1. The molecule has 1 amide bonds. The largest absolute Gasteiger partial charge is 0.472 e. The number of rotatable bonds is 60. The average Bonchev–Trinajstić information content (AvgIpc) is 3.38. The van der Waals surface area contributed by atoms with Gasteiger partial charge in [0, 0.05) is 6.42 Å². The second-order valence-electron chi connectivity index (χ2n) is 23.5. The molecule has 0 bridgehead atoms. The highest BCUT2D eigenvalue weighted by Gasteiger charge is 2.28. The zero-order chi connectivity index (χ0) is 55.6. The number of amides is 1. The summed E-state index contributed by atoms with van der Waals surface area (Å²) in [6.07, 6.45) is 79.2. The van der Waals surface area contributed by atoms with Crippen molar-refractivity contribution < 1.29 is 32.9 Å². The van der Waals surface area contributed by atoms with Gasteiger partial charge >= 0.3 is 7.82 Å². The minimum Gasteiger partial charge on any atom is -0.387 e. The molecule has 3 atom stereocenters. The monoisotopic (exact) mass is 1090 g/mol. The van der Waals surface area contributed by atoms with Crippen molar-refractivity contribution >= 4 is 13.7 Å². The van der Waals surface area contributed by atoms with Crippen molar-refractivity contribution in [3.63, 3.8) is 0 Å². The molecule has 0 aromatic heterocycles. The molecule has 0 saturated heterocycles. The molecule has 0 saturated carbocycles. The Hall–Kier alpha value is -1.80. The molecule has 0 fully saturated rings. The Labute approximate surface area is 472 Å². The lowest BCUT2D eigenvalue weighted by Crippen LogP contribution is -2.45. The van der Waals surface area contributed by atoms with E-state index in [9.17, 15) is 19.4 Å². The summed E-state index contributed by atoms with van der Waals surface area (Å²) in [5.41, 5.74) is 0. The van der Waals surface area contributed by atoms with E-state index in [-0.39, 0.29) is 19.1 Å². The van der Waals surface area contributed by atoms with Gasteiger partial charge in [0.15, 0.2) is 0 Å². The molecule has 0 spiro atoms. The minimum atomic E-state index is -4.35. The fourth-order valence-electron chi connectivity index (χ4n) is 9.68. The van der Waals surface area contributed by atoms with E-state index in [1.165, 1.54) is 225 Å². The molecule has 8 nitrogen and oxygen atoms in total. The van der Waals surface area contributed by atoms with E-state index in [0.29, 0.717) is 17.4 Å². The molecular formula is C67H128N2O6P+. The number of carbonyl (C=O) groups is 1. The van der Waals surface area contributed by atoms with Gasteiger partial charge in [0.25, 0.3) is 0 Å². The number of carbonyl (C=O) groups excluding carboxylic acids is 1. The lowest BCUT2D eigenvalue weighted by Gasteiger charge is -2.25. The summed E-state index contributed by atoms with van der Waals surface area (Å²) in [7, 11) is 1.58. The smallest absolute Gasteiger partial charge is 0.387 e. The minimum absolute atomic E-state index is 0.0622. The maximum Gasteiger partial charge on any atom is 0.472 e. The Balaban J connectivity index is 4.05. The number of allylic oxidation sites excluding steroid dienone is 9. The summed E-state index contributed by atoms with van der Waals surface area (Å²) in [5, 5.41) is 14.0. The van der Waals surface area contributed by atoms with E-state index >= 15 is 0 Å². The number of quaternary nitrogens is 1. The van der Waals surface area contributed by atoms with Gasteiger partial charge in [-0.25, -0.2) is 4.57 Å². The standard InChI is InChI=1S/C67H127N2O6P/c1-6-8-10-12-14-16-18-20-22-24-26-28-29-30-31-32-33-34-35-36-37-38-39-41-43-45-47-49-51-53-55-57-59-61-67(71)68-65(64-75-76(72,73)74-63-62-69(3,4)5)66(70)60-58-56-54-52-50-48-46-44-42-40-27-25-23-21-19-17-15-13-11-9-7-2/h8,10,14,16,20,22,26,28,58,60,65-66,70H,6-7,9,11-13,15,17-19,21,23-25,27,29-57,59,61-64H2,1-5H3,(H-,68,71,72,73)/p+1/b10-8-,16-14-,22-20-,28-26-,60-58+. The molecule has 3 unspecified atom stereocenters. The van der Waals surface area contributed by atoms with E-state index in [1.54, 1.807) is 6.08 Å². The predicted octanol–water partition coefficient (Wildman–Crippen LogP) is 20.4. The van der Waals surface area contributed by atoms with Gasteiger partial charge in [0.05, 0.1) is 39.9 Å². The Morgan fingerprint density at radius 3 is 1.16 bits per heavy atom. The van der Waals surface area contributed by atoms with Gasteiger partial charge < -0.3 is 19.8 Å². The SMILES string of the molecule is CC/C=C\C/C=C\C/C=C\C/C=C\CCCCCCCCCCCCCCCCCCCCCCC(=O)NC(COP(=O)(O)OCC[N+](C)(C)C)C(O)/C=C/CCCCCCCCCCCCCCCCCCCCC. The fourth-order valence-corrected chi connectivity index (χ4v) is 10.4. The second-order valence-corrected chi connectivity index (χ2v) is 24.9. The predicted molar refractivity (Wildman–Crippen MR) is 332 cm³/mol. The van der Waals surface area contributed by atoms with E-state index in [4.69, 9.17) is 9.05 Å². The van der Waals surface area contributed by atoms with Crippen LogP contribution in [0.5, 0.6) is 0 Å². The quantitative estimate of drug-likeness (QED) is 0.0243. The number of hydrogen-bond acceptors (Lipinski definition) is 5. The van der Waals surface area contributed by atoms with Crippen molar-refractivity contribution in [2.45, 2.75) is 321 Å². The molecule has 446 valence electrons. The van der Waals surface area contributed by atoms with Crippen LogP contribution in [0, 0.1) is 0 Å². The second kappa shape index (κ2) is 57.9. The van der Waals surface area contributed by atoms with Gasteiger partial charge in [-0.1, -0.05) is 306 Å². The average molecular weight is 1090 g/mol. The zero-order valence-electron chi connectivity index (χ0n) is 51.0. The van der Waals surface area contributed by atoms with E-state index in [1.807, 2.05) is 27.2 Å². The number of hydrogen-bond donors (Lipinski definition) is 3. The molecule has 3 N–H and O–H groups in total. The lowest BCUT2D eigenvalue weighted by atomic mass is 10.0. The first-order valence-corrected chi connectivity index (χ1v) is 34.2. The highest BCUT2D eigenvalue weighted by Crippen LogP contribution is 2.43. The molecule has 0 radical (unpaired) electrons. The fraction of sp³-hybridized carbons (Fsp3) is 0.836. The topological polar surface area (TPSA) is 105 Å². The Bertz CT molecular complexity index is 1420. The highest BCUT2D eigenvalue weighted by atomic mass is 31.2. The number of unbranched alkanes of at least 4 members (excludes halogenated alkanes) is 39. The first kappa shape index (κ1) is 74.2. The van der Waals surface area contributed by atoms with Gasteiger partial charge in [-0.3, -0.25) is 13.8 Å². The van der Waals surface area contributed by atoms with Crippen molar-refractivity contribution in [3.05, 3.63) is 60.8 Å². The normalized spacial score (nSPS) is 14.1. The Kier molecular flexibility index (Phi) is 56.5. The number of phosphoric ester groups is 1. The van der Waals surface area contributed by atoms with Crippen molar-refractivity contribution in [1.29, 1.82) is 0 Å². The van der Waals surface area contributed by atoms with Crippen LogP contribution >= 0.6 is 7.82 Å². The molecule has 0 heterocycles. The van der Waals surface area contributed by atoms with Crippen LogP contribution in [0.3, 0.4) is 0 Å². The summed E-state index contributed by atoms with van der Waals surface area (Å²) in [5.74, 6) is -0.172. The Morgan fingerprint density at radius 1 is 0.461 bits per heavy atom. The number of likely N-dealkylation sites (N-methyl/N-ethyl adjacent to an activating group) is 1. The molecule has 0 aliphatic rings. The van der Waals surface area contributed by atoms with Crippen LogP contribution in [0.25, 0.3) is 0 Å². The van der Waals surface area contributed by atoms with Crippen LogP contribution in [-0.2, 0) is 18.4 Å². The van der Waals surface area contributed by atoms with Crippen LogP contribution in [0.15, 0.2) is 60.8 Å². The first-order chi connectivity index (χ1) is 37.0. The molecule has 0 aliphatic carbocycles. The Morgan fingerprint density at radius 2 is 0.789 bits per heavy atom. The maximum atomic E-state index is 13.0. The van der Waals surface area contributed by atoms with Gasteiger partial charge in [-0.05, 0) is 57.8 Å². The van der Waals surface area contributed by atoms with E-state index in [0.717, 1.165) is 64.2 Å². The van der Waals surface area contributed by atoms with Gasteiger partial charge in [-0.2, -0.15) is 0 Å². The molecule has 76 heavy (non-hydrogen) atoms. The maximum absolute atomic E-state index is 13.0. The van der Waals surface area contributed by atoms with Crippen molar-refractivity contribution in [1.82, 2.24) is 5.32 Å². The molecule has 0 aromatic rings. The van der Waals surface area contributed by atoms with Crippen molar-refractivity contribution in [2.24, 2.45) is 0 Å². The van der Waals surface area contributed by atoms with Crippen LogP contribution < -0.4 is 5.32 Å². The summed E-state index contributed by atoms with van der Waals surface area (Å²) in [6.45, 7) is 4.74. The van der Waals surface area contributed by atoms with Crippen molar-refractivity contribution in [2.75, 3.05) is 40.9 Å². The van der Waals surface area contributed by atoms with Crippen LogP contribution in [0.2, 0.25) is 0 Å². The van der Waals surface area contributed by atoms with Gasteiger partial charge in [0.1, 0.15) is 13.2 Å². The molecule has 0 rings (SSSR count). The number of nitrogens with one attached hydrogen (secondary N) is 1. The number of aliphatic hydroxyl groups excluding tert-OH is 1. The molecule has 0 aromatic carbocycles. The summed E-state index contributed by atoms with van der Waals surface area (Å²) >= 11 is 0. The van der Waals surface area contributed by atoms with E-state index in [2.05, 4.69) is 67.8 Å². The lowest BCUT2D eigenvalue weighted by molar-refractivity contribution is -0.870. The third-order valence-electron chi connectivity index (χ3n) is 14.7. The van der Waals surface area contributed by atoms with Crippen LogP contribution in [0.1, 0.15) is 309 Å². The molecule has 9 heteroatoms.